The third kappa shape index (κ3) is 6.47. The lowest BCUT2D eigenvalue weighted by Gasteiger charge is -2.33. The van der Waals surface area contributed by atoms with Crippen molar-refractivity contribution in [2.45, 2.75) is 37.6 Å². The summed E-state index contributed by atoms with van der Waals surface area (Å²) in [4.78, 5) is 12.1. The van der Waals surface area contributed by atoms with Crippen molar-refractivity contribution in [3.8, 4) is 0 Å². The first-order chi connectivity index (χ1) is 10.2. The SMILES string of the molecule is CC(C)C(C)(CN)NC(=O)CCNS(=O)(=O)c1ccccc1.Cl. The minimum absolute atomic E-state index is 0. The molecule has 0 heterocycles. The molecule has 0 aliphatic rings. The van der Waals surface area contributed by atoms with Gasteiger partial charge in [-0.05, 0) is 25.0 Å². The van der Waals surface area contributed by atoms with Gasteiger partial charge in [-0.1, -0.05) is 32.0 Å². The van der Waals surface area contributed by atoms with E-state index in [1.807, 2.05) is 20.8 Å². The fourth-order valence-corrected chi connectivity index (χ4v) is 2.85. The highest BCUT2D eigenvalue weighted by Crippen LogP contribution is 2.14. The minimum atomic E-state index is -3.58. The minimum Gasteiger partial charge on any atom is -0.349 e. The first-order valence-electron chi connectivity index (χ1n) is 7.27. The summed E-state index contributed by atoms with van der Waals surface area (Å²) in [5, 5.41) is 2.87. The highest BCUT2D eigenvalue weighted by Gasteiger charge is 2.28. The normalized spacial score (nSPS) is 14.0. The number of sulfonamides is 1. The van der Waals surface area contributed by atoms with Crippen LogP contribution in [-0.4, -0.2) is 33.0 Å². The number of nitrogens with one attached hydrogen (secondary N) is 2. The monoisotopic (exact) mass is 363 g/mol. The average molecular weight is 364 g/mol. The van der Waals surface area contributed by atoms with E-state index in [1.165, 1.54) is 12.1 Å². The lowest BCUT2D eigenvalue weighted by atomic mass is 9.88. The second-order valence-corrected chi connectivity index (χ2v) is 7.55. The molecule has 0 aliphatic heterocycles. The van der Waals surface area contributed by atoms with Gasteiger partial charge >= 0.3 is 0 Å². The number of nitrogens with two attached hydrogens (primary N) is 1. The highest BCUT2D eigenvalue weighted by molar-refractivity contribution is 7.89. The van der Waals surface area contributed by atoms with Gasteiger partial charge in [0.15, 0.2) is 0 Å². The van der Waals surface area contributed by atoms with Crippen molar-refractivity contribution in [2.75, 3.05) is 13.1 Å². The van der Waals surface area contributed by atoms with Crippen LogP contribution >= 0.6 is 12.4 Å². The Bertz CT molecular complexity index is 593. The van der Waals surface area contributed by atoms with Crippen molar-refractivity contribution >= 4 is 28.3 Å². The maximum absolute atomic E-state index is 12.0. The molecule has 1 unspecified atom stereocenters. The molecule has 0 radical (unpaired) electrons. The zero-order valence-corrected chi connectivity index (χ0v) is 15.3. The second kappa shape index (κ2) is 9.22. The van der Waals surface area contributed by atoms with Gasteiger partial charge in [-0.3, -0.25) is 4.79 Å². The lowest BCUT2D eigenvalue weighted by Crippen LogP contribution is -2.55. The molecule has 0 spiro atoms. The highest BCUT2D eigenvalue weighted by atomic mass is 35.5. The molecular formula is C15H26ClN3O3S. The molecule has 4 N–H and O–H groups in total. The van der Waals surface area contributed by atoms with Gasteiger partial charge in [0, 0.05) is 19.5 Å². The van der Waals surface area contributed by atoms with Crippen molar-refractivity contribution in [1.82, 2.24) is 10.0 Å². The number of carbonyl (C=O) groups is 1. The van der Waals surface area contributed by atoms with Gasteiger partial charge in [0.05, 0.1) is 10.4 Å². The smallest absolute Gasteiger partial charge is 0.240 e. The molecule has 1 atom stereocenters. The van der Waals surface area contributed by atoms with Gasteiger partial charge in [0.2, 0.25) is 15.9 Å². The van der Waals surface area contributed by atoms with E-state index in [1.54, 1.807) is 18.2 Å². The predicted octanol–water partition coefficient (Wildman–Crippen LogP) is 1.27. The maximum atomic E-state index is 12.0. The molecule has 0 saturated carbocycles. The standard InChI is InChI=1S/C15H25N3O3S.ClH/c1-12(2)15(3,11-16)18-14(19)9-10-17-22(20,21)13-7-5-4-6-8-13;/h4-8,12,17H,9-11,16H2,1-3H3,(H,18,19);1H. The predicted molar refractivity (Wildman–Crippen MR) is 93.9 cm³/mol. The average Bonchev–Trinajstić information content (AvgIpc) is 2.47. The van der Waals surface area contributed by atoms with Crippen LogP contribution in [0.2, 0.25) is 0 Å². The molecule has 0 saturated heterocycles. The number of hydrogen-bond acceptors (Lipinski definition) is 4. The van der Waals surface area contributed by atoms with Crippen LogP contribution < -0.4 is 15.8 Å². The Morgan fingerprint density at radius 1 is 1.26 bits per heavy atom. The van der Waals surface area contributed by atoms with Crippen LogP contribution in [-0.2, 0) is 14.8 Å². The van der Waals surface area contributed by atoms with Crippen LogP contribution in [0.15, 0.2) is 35.2 Å². The lowest BCUT2D eigenvalue weighted by molar-refractivity contribution is -0.123. The Hall–Kier alpha value is -1.15. The van der Waals surface area contributed by atoms with E-state index in [0.717, 1.165) is 0 Å². The maximum Gasteiger partial charge on any atom is 0.240 e. The van der Waals surface area contributed by atoms with E-state index in [2.05, 4.69) is 10.0 Å². The van der Waals surface area contributed by atoms with Crippen molar-refractivity contribution < 1.29 is 13.2 Å². The first kappa shape index (κ1) is 21.9. The number of rotatable bonds is 8. The molecular weight excluding hydrogens is 338 g/mol. The number of hydrogen-bond donors (Lipinski definition) is 3. The number of amides is 1. The Balaban J connectivity index is 0.00000484. The molecule has 0 bridgehead atoms. The largest absolute Gasteiger partial charge is 0.349 e. The summed E-state index contributed by atoms with van der Waals surface area (Å²) in [7, 11) is -3.58. The van der Waals surface area contributed by atoms with Crippen molar-refractivity contribution in [2.24, 2.45) is 11.7 Å². The Morgan fingerprint density at radius 2 is 1.83 bits per heavy atom. The zero-order chi connectivity index (χ0) is 16.8. The molecule has 0 aliphatic carbocycles. The van der Waals surface area contributed by atoms with Gasteiger partial charge in [0.1, 0.15) is 0 Å². The van der Waals surface area contributed by atoms with Gasteiger partial charge in [0.25, 0.3) is 0 Å². The summed E-state index contributed by atoms with van der Waals surface area (Å²) in [6.07, 6.45) is 0.0639. The van der Waals surface area contributed by atoms with Crippen LogP contribution in [0.4, 0.5) is 0 Å². The number of carbonyl (C=O) groups excluding carboxylic acids is 1. The fraction of sp³-hybridized carbons (Fsp3) is 0.533. The molecule has 23 heavy (non-hydrogen) atoms. The molecule has 0 fully saturated rings. The van der Waals surface area contributed by atoms with Crippen LogP contribution in [0.25, 0.3) is 0 Å². The Morgan fingerprint density at radius 3 is 2.30 bits per heavy atom. The van der Waals surface area contributed by atoms with Crippen molar-refractivity contribution in [3.05, 3.63) is 30.3 Å². The van der Waals surface area contributed by atoms with Crippen LogP contribution in [0.3, 0.4) is 0 Å². The zero-order valence-electron chi connectivity index (χ0n) is 13.7. The van der Waals surface area contributed by atoms with E-state index in [0.29, 0.717) is 6.54 Å². The number of benzene rings is 1. The molecule has 0 aromatic heterocycles. The summed E-state index contributed by atoms with van der Waals surface area (Å²) < 4.78 is 26.4. The summed E-state index contributed by atoms with van der Waals surface area (Å²) in [5.41, 5.74) is 5.21. The molecule has 1 aromatic rings. The molecule has 1 amide bonds. The Kier molecular flexibility index (Phi) is 8.76. The second-order valence-electron chi connectivity index (χ2n) is 5.79. The van der Waals surface area contributed by atoms with Gasteiger partial charge < -0.3 is 11.1 Å². The quantitative estimate of drug-likeness (QED) is 0.647. The van der Waals surface area contributed by atoms with E-state index in [4.69, 9.17) is 5.73 Å². The molecule has 8 heteroatoms. The molecule has 1 aromatic carbocycles. The summed E-state index contributed by atoms with van der Waals surface area (Å²) >= 11 is 0. The van der Waals surface area contributed by atoms with Crippen LogP contribution in [0.1, 0.15) is 27.2 Å². The van der Waals surface area contributed by atoms with Gasteiger partial charge in [-0.25, -0.2) is 13.1 Å². The summed E-state index contributed by atoms with van der Waals surface area (Å²) in [6, 6.07) is 8.05. The Labute approximate surface area is 144 Å². The molecule has 1 rings (SSSR count). The van der Waals surface area contributed by atoms with Crippen LogP contribution in [0, 0.1) is 5.92 Å². The van der Waals surface area contributed by atoms with E-state index in [-0.39, 0.29) is 42.1 Å². The third-order valence-electron chi connectivity index (χ3n) is 3.82. The van der Waals surface area contributed by atoms with E-state index in [9.17, 15) is 13.2 Å². The van der Waals surface area contributed by atoms with Gasteiger partial charge in [-0.15, -0.1) is 12.4 Å². The molecule has 132 valence electrons. The van der Waals surface area contributed by atoms with Crippen LogP contribution in [0.5, 0.6) is 0 Å². The van der Waals surface area contributed by atoms with E-state index >= 15 is 0 Å². The topological polar surface area (TPSA) is 101 Å². The van der Waals surface area contributed by atoms with Crippen molar-refractivity contribution in [3.63, 3.8) is 0 Å². The molecule has 6 nitrogen and oxygen atoms in total. The third-order valence-corrected chi connectivity index (χ3v) is 5.30. The summed E-state index contributed by atoms with van der Waals surface area (Å²) in [6.45, 7) is 6.20. The summed E-state index contributed by atoms with van der Waals surface area (Å²) in [5.74, 6) is -0.0418. The first-order valence-corrected chi connectivity index (χ1v) is 8.75. The van der Waals surface area contributed by atoms with Gasteiger partial charge in [-0.2, -0.15) is 0 Å². The van der Waals surface area contributed by atoms with E-state index < -0.39 is 15.6 Å². The van der Waals surface area contributed by atoms with Crippen molar-refractivity contribution in [1.29, 1.82) is 0 Å². The number of halogens is 1. The fourth-order valence-electron chi connectivity index (χ4n) is 1.79.